The lowest BCUT2D eigenvalue weighted by molar-refractivity contribution is -0.137. The molecule has 0 radical (unpaired) electrons. The number of alkyl halides is 3. The molecule has 32 heavy (non-hydrogen) atoms. The molecule has 0 spiro atoms. The standard InChI is InChI=1S/C20H25F3N4O4S/c1-31-12-11-26-19(28)27(16-6-7-16)18(24-26)14-3-2-10-25(13-14)32(29,30)17-8-4-15(5-9-17)20(21,22)23/h4-5,8-9,14,16H,2-3,6-7,10-13H2,1H3. The third-order valence-electron chi connectivity index (χ3n) is 5.88. The number of aromatic nitrogens is 3. The molecule has 0 bridgehead atoms. The Balaban J connectivity index is 1.59. The van der Waals surface area contributed by atoms with Gasteiger partial charge in [-0.3, -0.25) is 4.57 Å². The lowest BCUT2D eigenvalue weighted by Gasteiger charge is -2.31. The van der Waals surface area contributed by atoms with Crippen molar-refractivity contribution in [2.75, 3.05) is 26.8 Å². The monoisotopic (exact) mass is 474 g/mol. The molecule has 0 amide bonds. The summed E-state index contributed by atoms with van der Waals surface area (Å²) >= 11 is 0. The maximum Gasteiger partial charge on any atom is 0.416 e. The smallest absolute Gasteiger partial charge is 0.383 e. The van der Waals surface area contributed by atoms with Crippen LogP contribution in [0.1, 0.15) is 49.0 Å². The number of benzene rings is 1. The van der Waals surface area contributed by atoms with Crippen molar-refractivity contribution in [3.8, 4) is 0 Å². The third kappa shape index (κ3) is 4.48. The largest absolute Gasteiger partial charge is 0.416 e. The minimum Gasteiger partial charge on any atom is -0.383 e. The second-order valence-corrected chi connectivity index (χ2v) is 10.1. The molecule has 2 heterocycles. The molecule has 1 unspecified atom stereocenters. The minimum atomic E-state index is -4.54. The van der Waals surface area contributed by atoms with Crippen LogP contribution in [-0.2, 0) is 27.5 Å². The first kappa shape index (κ1) is 23.0. The molecule has 1 aromatic carbocycles. The second kappa shape index (κ2) is 8.64. The van der Waals surface area contributed by atoms with Crippen molar-refractivity contribution in [1.29, 1.82) is 0 Å². The number of piperidine rings is 1. The maximum absolute atomic E-state index is 13.1. The van der Waals surface area contributed by atoms with Gasteiger partial charge in [0.25, 0.3) is 0 Å². The minimum absolute atomic E-state index is 0.0793. The summed E-state index contributed by atoms with van der Waals surface area (Å²) in [6.07, 6.45) is -1.54. The van der Waals surface area contributed by atoms with E-state index in [1.54, 1.807) is 4.57 Å². The number of methoxy groups -OCH3 is 1. The van der Waals surface area contributed by atoms with Gasteiger partial charge < -0.3 is 4.74 Å². The van der Waals surface area contributed by atoms with Crippen molar-refractivity contribution >= 4 is 10.0 Å². The van der Waals surface area contributed by atoms with Crippen molar-refractivity contribution in [3.05, 3.63) is 46.1 Å². The molecule has 1 aliphatic carbocycles. The fraction of sp³-hybridized carbons (Fsp3) is 0.600. The lowest BCUT2D eigenvalue weighted by Crippen LogP contribution is -2.40. The van der Waals surface area contributed by atoms with Crippen molar-refractivity contribution in [1.82, 2.24) is 18.7 Å². The van der Waals surface area contributed by atoms with Crippen LogP contribution < -0.4 is 5.69 Å². The Hall–Kier alpha value is -2.18. The van der Waals surface area contributed by atoms with E-state index in [4.69, 9.17) is 4.74 Å². The highest BCUT2D eigenvalue weighted by molar-refractivity contribution is 7.89. The third-order valence-corrected chi connectivity index (χ3v) is 7.76. The number of hydrogen-bond donors (Lipinski definition) is 0. The van der Waals surface area contributed by atoms with E-state index in [2.05, 4.69) is 5.10 Å². The Bertz CT molecular complexity index is 1120. The molecule has 176 valence electrons. The Morgan fingerprint density at radius 2 is 1.84 bits per heavy atom. The van der Waals surface area contributed by atoms with Crippen molar-refractivity contribution in [2.45, 2.75) is 55.3 Å². The van der Waals surface area contributed by atoms with Crippen molar-refractivity contribution in [3.63, 3.8) is 0 Å². The quantitative estimate of drug-likeness (QED) is 0.616. The Morgan fingerprint density at radius 1 is 1.16 bits per heavy atom. The summed E-state index contributed by atoms with van der Waals surface area (Å²) in [5.74, 6) is 0.297. The van der Waals surface area contributed by atoms with Gasteiger partial charge in [-0.25, -0.2) is 17.9 Å². The Labute approximate surface area is 183 Å². The Morgan fingerprint density at radius 3 is 2.44 bits per heavy atom. The fourth-order valence-electron chi connectivity index (χ4n) is 4.05. The van der Waals surface area contributed by atoms with Crippen LogP contribution in [0.2, 0.25) is 0 Å². The van der Waals surface area contributed by atoms with Gasteiger partial charge in [0.1, 0.15) is 5.82 Å². The first-order valence-electron chi connectivity index (χ1n) is 10.5. The fourth-order valence-corrected chi connectivity index (χ4v) is 5.57. The van der Waals surface area contributed by atoms with Crippen LogP contribution in [0.15, 0.2) is 34.0 Å². The highest BCUT2D eigenvalue weighted by atomic mass is 32.2. The van der Waals surface area contributed by atoms with E-state index in [1.807, 2.05) is 0 Å². The summed E-state index contributed by atoms with van der Waals surface area (Å²) in [6.45, 7) is 1.02. The number of halogens is 3. The van der Waals surface area contributed by atoms with Gasteiger partial charge in [-0.1, -0.05) is 0 Å². The predicted molar refractivity (Wildman–Crippen MR) is 109 cm³/mol. The van der Waals surface area contributed by atoms with Crippen LogP contribution in [0, 0.1) is 0 Å². The predicted octanol–water partition coefficient (Wildman–Crippen LogP) is 2.61. The first-order valence-corrected chi connectivity index (χ1v) is 11.9. The second-order valence-electron chi connectivity index (χ2n) is 8.18. The van der Waals surface area contributed by atoms with Crippen molar-refractivity contribution in [2.24, 2.45) is 0 Å². The van der Waals surface area contributed by atoms with Gasteiger partial charge >= 0.3 is 11.9 Å². The van der Waals surface area contributed by atoms with E-state index in [9.17, 15) is 26.4 Å². The van der Waals surface area contributed by atoms with Gasteiger partial charge in [0.15, 0.2) is 0 Å². The van der Waals surface area contributed by atoms with Gasteiger partial charge in [-0.05, 0) is 49.9 Å². The Kier molecular flexibility index (Phi) is 6.21. The summed E-state index contributed by atoms with van der Waals surface area (Å²) in [5, 5.41) is 4.50. The maximum atomic E-state index is 13.1. The average Bonchev–Trinajstić information content (AvgIpc) is 3.55. The number of rotatable bonds is 7. The van der Waals surface area contributed by atoms with Gasteiger partial charge in [-0.2, -0.15) is 22.6 Å². The highest BCUT2D eigenvalue weighted by Crippen LogP contribution is 2.38. The van der Waals surface area contributed by atoms with Crippen LogP contribution in [0.5, 0.6) is 0 Å². The zero-order valence-corrected chi connectivity index (χ0v) is 18.4. The van der Waals surface area contributed by atoms with Crippen LogP contribution >= 0.6 is 0 Å². The highest BCUT2D eigenvalue weighted by Gasteiger charge is 2.37. The summed E-state index contributed by atoms with van der Waals surface area (Å²) < 4.78 is 74.0. The van der Waals surface area contributed by atoms with Crippen LogP contribution in [0.4, 0.5) is 13.2 Å². The molecule has 1 saturated heterocycles. The molecule has 2 fully saturated rings. The number of ether oxygens (including phenoxy) is 1. The van der Waals surface area contributed by atoms with Crippen LogP contribution in [0.25, 0.3) is 0 Å². The summed E-state index contributed by atoms with van der Waals surface area (Å²) in [7, 11) is -2.44. The van der Waals surface area contributed by atoms with E-state index in [0.29, 0.717) is 31.8 Å². The van der Waals surface area contributed by atoms with Gasteiger partial charge in [0, 0.05) is 32.2 Å². The molecule has 2 aliphatic rings. The number of sulfonamides is 1. The van der Waals surface area contributed by atoms with Crippen molar-refractivity contribution < 1.29 is 26.3 Å². The molecule has 1 aliphatic heterocycles. The van der Waals surface area contributed by atoms with E-state index in [-0.39, 0.29) is 35.6 Å². The normalized spacial score (nSPS) is 20.6. The van der Waals surface area contributed by atoms with E-state index in [0.717, 1.165) is 37.1 Å². The van der Waals surface area contributed by atoms with E-state index in [1.165, 1.54) is 16.1 Å². The zero-order valence-electron chi connectivity index (χ0n) is 17.6. The number of hydrogen-bond acceptors (Lipinski definition) is 5. The molecule has 12 heteroatoms. The molecular formula is C20H25F3N4O4S. The zero-order chi connectivity index (χ0) is 23.1. The molecule has 2 aromatic rings. The molecular weight excluding hydrogens is 449 g/mol. The molecule has 0 N–H and O–H groups in total. The lowest BCUT2D eigenvalue weighted by atomic mass is 9.99. The molecule has 1 saturated carbocycles. The summed E-state index contributed by atoms with van der Waals surface area (Å²) in [4.78, 5) is 12.6. The number of nitrogens with zero attached hydrogens (tertiary/aromatic N) is 4. The molecule has 4 rings (SSSR count). The summed E-state index contributed by atoms with van der Waals surface area (Å²) in [5.41, 5.74) is -1.12. The van der Waals surface area contributed by atoms with E-state index >= 15 is 0 Å². The SMILES string of the molecule is COCCn1nc(C2CCCN(S(=O)(=O)c3ccc(C(F)(F)F)cc3)C2)n(C2CC2)c1=O. The topological polar surface area (TPSA) is 86.4 Å². The summed E-state index contributed by atoms with van der Waals surface area (Å²) in [6, 6.07) is 3.60. The first-order chi connectivity index (χ1) is 15.1. The van der Waals surface area contributed by atoms with Gasteiger partial charge in [-0.15, -0.1) is 0 Å². The van der Waals surface area contributed by atoms with Gasteiger partial charge in [0.05, 0.1) is 23.6 Å². The van der Waals surface area contributed by atoms with Crippen LogP contribution in [0.3, 0.4) is 0 Å². The molecule has 1 aromatic heterocycles. The molecule has 1 atom stereocenters. The molecule has 8 nitrogen and oxygen atoms in total. The van der Waals surface area contributed by atoms with E-state index < -0.39 is 21.8 Å². The van der Waals surface area contributed by atoms with Crippen LogP contribution in [-0.4, -0.2) is 53.9 Å². The van der Waals surface area contributed by atoms with Gasteiger partial charge in [0.2, 0.25) is 10.0 Å². The average molecular weight is 475 g/mol.